The number of nitrogens with one attached hydrogen (secondary N) is 1. The number of thioether (sulfide) groups is 1. The third-order valence-electron chi connectivity index (χ3n) is 6.63. The van der Waals surface area contributed by atoms with Gasteiger partial charge >= 0.3 is 0 Å². The summed E-state index contributed by atoms with van der Waals surface area (Å²) in [6.07, 6.45) is 8.25. The molecule has 2 heterocycles. The second-order valence-electron chi connectivity index (χ2n) is 9.00. The van der Waals surface area contributed by atoms with Gasteiger partial charge < -0.3 is 5.32 Å². The van der Waals surface area contributed by atoms with Gasteiger partial charge in [0.1, 0.15) is 10.4 Å². The van der Waals surface area contributed by atoms with Crippen LogP contribution in [-0.2, 0) is 17.6 Å². The van der Waals surface area contributed by atoms with Gasteiger partial charge in [-0.2, -0.15) is 5.26 Å². The quantitative estimate of drug-likeness (QED) is 0.372. The van der Waals surface area contributed by atoms with E-state index < -0.39 is 5.54 Å². The number of carbonyl (C=O) groups excluding carboxylic acids is 1. The highest BCUT2D eigenvalue weighted by Crippen LogP contribution is 2.39. The van der Waals surface area contributed by atoms with Gasteiger partial charge in [-0.05, 0) is 70.3 Å². The molecular weight excluding hydrogens is 428 g/mol. The third-order valence-corrected chi connectivity index (χ3v) is 8.77. The number of hydrogen-bond donors (Lipinski definition) is 1. The average Bonchev–Trinajstić information content (AvgIpc) is 3.58. The lowest BCUT2D eigenvalue weighted by atomic mass is 9.98. The minimum Gasteiger partial charge on any atom is -0.337 e. The van der Waals surface area contributed by atoms with Crippen LogP contribution in [0.25, 0.3) is 10.2 Å². The standard InChI is InChI=1S/C23H30N4O2S2/c1-4-14(2)27-21(29)19-16-8-6-5-7-9-17(16)31-20(19)25-22(27)30-12-18(28)26-23(3,13-24)15-10-11-15/h14-15H,4-12H2,1-3H3,(H,26,28). The molecule has 2 aromatic rings. The highest BCUT2D eigenvalue weighted by atomic mass is 32.2. The molecule has 0 saturated heterocycles. The Kier molecular flexibility index (Phi) is 6.45. The van der Waals surface area contributed by atoms with E-state index in [2.05, 4.69) is 18.3 Å². The van der Waals surface area contributed by atoms with Crippen molar-refractivity contribution in [3.63, 3.8) is 0 Å². The van der Waals surface area contributed by atoms with E-state index in [4.69, 9.17) is 4.98 Å². The van der Waals surface area contributed by atoms with Gasteiger partial charge in [0.05, 0.1) is 17.2 Å². The van der Waals surface area contributed by atoms with Gasteiger partial charge in [0.2, 0.25) is 5.91 Å². The molecule has 4 rings (SSSR count). The molecule has 6 nitrogen and oxygen atoms in total. The summed E-state index contributed by atoms with van der Waals surface area (Å²) in [5, 5.41) is 13.8. The Labute approximate surface area is 191 Å². The molecule has 0 radical (unpaired) electrons. The minimum absolute atomic E-state index is 0.00660. The van der Waals surface area contributed by atoms with Gasteiger partial charge in [-0.25, -0.2) is 4.98 Å². The molecule has 1 amide bonds. The van der Waals surface area contributed by atoms with Crippen LogP contribution in [0.15, 0.2) is 9.95 Å². The molecule has 0 bridgehead atoms. The summed E-state index contributed by atoms with van der Waals surface area (Å²) in [4.78, 5) is 33.2. The number of aryl methyl sites for hydroxylation is 2. The predicted molar refractivity (Wildman–Crippen MR) is 126 cm³/mol. The molecule has 8 heteroatoms. The summed E-state index contributed by atoms with van der Waals surface area (Å²) in [5.41, 5.74) is 0.425. The van der Waals surface area contributed by atoms with Crippen LogP contribution < -0.4 is 10.9 Å². The summed E-state index contributed by atoms with van der Waals surface area (Å²) < 4.78 is 1.78. The van der Waals surface area contributed by atoms with Crippen molar-refractivity contribution in [1.82, 2.24) is 14.9 Å². The van der Waals surface area contributed by atoms with Crippen LogP contribution in [0.3, 0.4) is 0 Å². The van der Waals surface area contributed by atoms with Gasteiger partial charge in [-0.15, -0.1) is 11.3 Å². The molecule has 0 aliphatic heterocycles. The molecule has 31 heavy (non-hydrogen) atoms. The first kappa shape index (κ1) is 22.3. The molecule has 1 fully saturated rings. The monoisotopic (exact) mass is 458 g/mol. The van der Waals surface area contributed by atoms with E-state index >= 15 is 0 Å². The number of fused-ring (bicyclic) bond motifs is 3. The average molecular weight is 459 g/mol. The fourth-order valence-corrected chi connectivity index (χ4v) is 6.59. The fraction of sp³-hybridized carbons (Fsp3) is 0.652. The second-order valence-corrected chi connectivity index (χ2v) is 11.0. The zero-order valence-corrected chi connectivity index (χ0v) is 20.1. The number of thiophene rings is 1. The fourth-order valence-electron chi connectivity index (χ4n) is 4.39. The zero-order chi connectivity index (χ0) is 22.2. The lowest BCUT2D eigenvalue weighted by Crippen LogP contribution is -2.47. The van der Waals surface area contributed by atoms with Gasteiger partial charge in [-0.1, -0.05) is 25.1 Å². The predicted octanol–water partition coefficient (Wildman–Crippen LogP) is 4.60. The minimum atomic E-state index is -0.809. The summed E-state index contributed by atoms with van der Waals surface area (Å²) >= 11 is 2.95. The Hall–Kier alpha value is -1.85. The van der Waals surface area contributed by atoms with Gasteiger partial charge in [0.25, 0.3) is 5.56 Å². The van der Waals surface area contributed by atoms with Crippen LogP contribution in [0.1, 0.15) is 75.8 Å². The maximum absolute atomic E-state index is 13.6. The van der Waals surface area contributed by atoms with Gasteiger partial charge in [0.15, 0.2) is 5.16 Å². The van der Waals surface area contributed by atoms with Crippen molar-refractivity contribution in [2.75, 3.05) is 5.75 Å². The molecule has 1 saturated carbocycles. The molecule has 2 aromatic heterocycles. The Morgan fingerprint density at radius 3 is 2.81 bits per heavy atom. The summed E-state index contributed by atoms with van der Waals surface area (Å²) in [7, 11) is 0. The molecule has 2 aliphatic rings. The smallest absolute Gasteiger partial charge is 0.263 e. The van der Waals surface area contributed by atoms with E-state index in [-0.39, 0.29) is 29.2 Å². The van der Waals surface area contributed by atoms with Crippen LogP contribution in [0, 0.1) is 17.2 Å². The first-order valence-corrected chi connectivity index (χ1v) is 13.1. The van der Waals surface area contributed by atoms with E-state index in [1.807, 2.05) is 6.92 Å². The van der Waals surface area contributed by atoms with Crippen LogP contribution in [0.2, 0.25) is 0 Å². The van der Waals surface area contributed by atoms with Crippen molar-refractivity contribution in [3.05, 3.63) is 20.8 Å². The highest BCUT2D eigenvalue weighted by molar-refractivity contribution is 7.99. The number of rotatable bonds is 7. The van der Waals surface area contributed by atoms with E-state index in [0.717, 1.165) is 48.7 Å². The highest BCUT2D eigenvalue weighted by Gasteiger charge is 2.43. The molecule has 2 atom stereocenters. The van der Waals surface area contributed by atoms with E-state index in [1.165, 1.54) is 35.0 Å². The van der Waals surface area contributed by atoms with Crippen molar-refractivity contribution in [2.24, 2.45) is 5.92 Å². The van der Waals surface area contributed by atoms with E-state index in [1.54, 1.807) is 22.8 Å². The van der Waals surface area contributed by atoms with Crippen molar-refractivity contribution >= 4 is 39.2 Å². The maximum atomic E-state index is 13.6. The second kappa shape index (κ2) is 8.95. The molecule has 0 aromatic carbocycles. The van der Waals surface area contributed by atoms with E-state index in [0.29, 0.717) is 5.16 Å². The van der Waals surface area contributed by atoms with Gasteiger partial charge in [-0.3, -0.25) is 14.2 Å². The van der Waals surface area contributed by atoms with Crippen LogP contribution in [-0.4, -0.2) is 26.8 Å². The Balaban J connectivity index is 1.64. The van der Waals surface area contributed by atoms with Crippen molar-refractivity contribution < 1.29 is 4.79 Å². The van der Waals surface area contributed by atoms with Crippen LogP contribution in [0.5, 0.6) is 0 Å². The summed E-state index contributed by atoms with van der Waals surface area (Å²) in [6, 6.07) is 2.27. The molecule has 1 N–H and O–H groups in total. The largest absolute Gasteiger partial charge is 0.337 e. The van der Waals surface area contributed by atoms with Crippen LogP contribution >= 0.6 is 23.1 Å². The first-order chi connectivity index (χ1) is 14.9. The molecule has 0 spiro atoms. The molecule has 166 valence electrons. The Morgan fingerprint density at radius 1 is 1.39 bits per heavy atom. The van der Waals surface area contributed by atoms with Crippen molar-refractivity contribution in [1.29, 1.82) is 5.26 Å². The molecule has 2 aliphatic carbocycles. The number of nitrogens with zero attached hydrogens (tertiary/aromatic N) is 3. The topological polar surface area (TPSA) is 87.8 Å². The lowest BCUT2D eigenvalue weighted by Gasteiger charge is -2.23. The normalized spacial score (nSPS) is 19.2. The first-order valence-electron chi connectivity index (χ1n) is 11.3. The van der Waals surface area contributed by atoms with Crippen LogP contribution in [0.4, 0.5) is 0 Å². The number of nitriles is 1. The maximum Gasteiger partial charge on any atom is 0.263 e. The zero-order valence-electron chi connectivity index (χ0n) is 18.5. The molecule has 2 unspecified atom stereocenters. The van der Waals surface area contributed by atoms with Crippen molar-refractivity contribution in [3.8, 4) is 6.07 Å². The van der Waals surface area contributed by atoms with Crippen molar-refractivity contribution in [2.45, 2.75) is 88.9 Å². The molecular formula is C23H30N4O2S2. The number of hydrogen-bond acceptors (Lipinski definition) is 6. The summed E-state index contributed by atoms with van der Waals surface area (Å²) in [5.74, 6) is 0.192. The number of carbonyl (C=O) groups is 1. The SMILES string of the molecule is CCC(C)n1c(SCC(=O)NC(C)(C#N)C2CC2)nc2sc3c(c2c1=O)CCCCC3. The third kappa shape index (κ3) is 4.40. The number of aromatic nitrogens is 2. The lowest BCUT2D eigenvalue weighted by molar-refractivity contribution is -0.119. The Bertz CT molecular complexity index is 1100. The van der Waals surface area contributed by atoms with E-state index in [9.17, 15) is 14.9 Å². The summed E-state index contributed by atoms with van der Waals surface area (Å²) in [6.45, 7) is 5.89. The Morgan fingerprint density at radius 2 is 2.13 bits per heavy atom. The van der Waals surface area contributed by atoms with Gasteiger partial charge in [0, 0.05) is 10.9 Å². The number of amides is 1.